The summed E-state index contributed by atoms with van der Waals surface area (Å²) >= 11 is 1.28. The van der Waals surface area contributed by atoms with Gasteiger partial charge in [-0.15, -0.1) is 4.98 Å². The van der Waals surface area contributed by atoms with Gasteiger partial charge in [0.15, 0.2) is 11.0 Å². The molecule has 1 aromatic carbocycles. The Hall–Kier alpha value is -3.32. The number of carbonyl (C=O) groups is 1. The van der Waals surface area contributed by atoms with Crippen molar-refractivity contribution in [1.29, 1.82) is 0 Å². The highest BCUT2D eigenvalue weighted by atomic mass is 32.2. The molecule has 2 N–H and O–H groups in total. The summed E-state index contributed by atoms with van der Waals surface area (Å²) in [7, 11) is 0. The Balaban J connectivity index is 1.48. The lowest BCUT2D eigenvalue weighted by Crippen LogP contribution is -2.45. The minimum absolute atomic E-state index is 0.0294. The number of thioether (sulfide) groups is 1. The number of benzene rings is 1. The summed E-state index contributed by atoms with van der Waals surface area (Å²) in [6.07, 6.45) is 6.12. The summed E-state index contributed by atoms with van der Waals surface area (Å²) in [5.74, 6) is -1.25. The molecule has 1 saturated carbocycles. The lowest BCUT2D eigenvalue weighted by atomic mass is 9.84. The van der Waals surface area contributed by atoms with Crippen LogP contribution < -0.4 is 5.73 Å². The predicted molar refractivity (Wildman–Crippen MR) is 127 cm³/mol. The van der Waals surface area contributed by atoms with Gasteiger partial charge in [0, 0.05) is 24.6 Å². The number of hydrogen-bond donors (Lipinski definition) is 1. The van der Waals surface area contributed by atoms with E-state index in [0.717, 1.165) is 25.9 Å². The molecule has 1 saturated heterocycles. The molecular formula is C24H22F2N6OS. The lowest BCUT2D eigenvalue weighted by Gasteiger charge is -2.35. The standard InChI is InChI=1S/C24H22F2N6OS/c1-23(19-11-24(19,34-22(27)31-23)21(33)32-7-3-4-8-32)15-9-14(5-6-16(15)25)10-17(26)18-12-30-20(28-2)13-29-18/h5-6,9-10,12-13,19H,3-4,7-8,11H2,1H3,(H2,27,31)/b17-10-/t19-,23+,24-/m0/s1. The van der Waals surface area contributed by atoms with Crippen LogP contribution in [0.3, 0.4) is 0 Å². The van der Waals surface area contributed by atoms with Gasteiger partial charge in [-0.1, -0.05) is 24.4 Å². The van der Waals surface area contributed by atoms with Crippen LogP contribution in [0.5, 0.6) is 0 Å². The van der Waals surface area contributed by atoms with E-state index in [0.29, 0.717) is 12.0 Å². The molecule has 3 aliphatic rings. The molecule has 0 radical (unpaired) electrons. The number of carbonyl (C=O) groups excluding carboxylic acids is 1. The molecule has 1 aromatic heterocycles. The fourth-order valence-electron chi connectivity index (χ4n) is 4.99. The predicted octanol–water partition coefficient (Wildman–Crippen LogP) is 4.29. The van der Waals surface area contributed by atoms with Crippen molar-refractivity contribution in [2.45, 2.75) is 36.5 Å². The number of nitrogens with two attached hydrogens (primary N) is 1. The number of halogens is 2. The number of amides is 1. The summed E-state index contributed by atoms with van der Waals surface area (Å²) in [6.45, 7) is 10.2. The highest BCUT2D eigenvalue weighted by Gasteiger charge is 2.71. The van der Waals surface area contributed by atoms with E-state index in [1.54, 1.807) is 13.0 Å². The number of amidine groups is 1. The van der Waals surface area contributed by atoms with Crippen LogP contribution in [0.25, 0.3) is 16.7 Å². The Morgan fingerprint density at radius 2 is 2.09 bits per heavy atom. The summed E-state index contributed by atoms with van der Waals surface area (Å²) in [4.78, 5) is 30.7. The minimum atomic E-state index is -1.05. The molecular weight excluding hydrogens is 458 g/mol. The Labute approximate surface area is 200 Å². The Morgan fingerprint density at radius 3 is 2.76 bits per heavy atom. The molecule has 7 nitrogen and oxygen atoms in total. The first-order valence-electron chi connectivity index (χ1n) is 11.0. The molecule has 1 aliphatic carbocycles. The molecule has 10 heteroatoms. The molecule has 34 heavy (non-hydrogen) atoms. The van der Waals surface area contributed by atoms with Crippen LogP contribution in [0.2, 0.25) is 0 Å². The Morgan fingerprint density at radius 1 is 1.32 bits per heavy atom. The van der Waals surface area contributed by atoms with Gasteiger partial charge in [-0.05, 0) is 50.0 Å². The van der Waals surface area contributed by atoms with Crippen LogP contribution in [0.1, 0.15) is 43.0 Å². The SMILES string of the molecule is [C-]#[N+]c1cnc(/C(F)=C/c2ccc(F)c([C@@]3(C)N=C(N)S[C@@]4(C(=O)N5CCCC5)C[C@H]43)c2)cn1. The molecule has 0 spiro atoms. The maximum Gasteiger partial charge on any atom is 0.287 e. The van der Waals surface area contributed by atoms with Crippen molar-refractivity contribution in [3.8, 4) is 0 Å². The summed E-state index contributed by atoms with van der Waals surface area (Å²) in [5.41, 5.74) is 5.77. The average Bonchev–Trinajstić information content (AvgIpc) is 3.33. The van der Waals surface area contributed by atoms with Crippen LogP contribution in [-0.4, -0.2) is 43.8 Å². The fourth-order valence-corrected chi connectivity index (χ4v) is 6.43. The van der Waals surface area contributed by atoms with E-state index in [9.17, 15) is 9.18 Å². The molecule has 3 atom stereocenters. The van der Waals surface area contributed by atoms with Crippen molar-refractivity contribution in [3.05, 3.63) is 64.6 Å². The van der Waals surface area contributed by atoms with E-state index in [2.05, 4.69) is 19.8 Å². The highest BCUT2D eigenvalue weighted by Crippen LogP contribution is 2.66. The zero-order valence-electron chi connectivity index (χ0n) is 18.5. The van der Waals surface area contributed by atoms with Crippen molar-refractivity contribution in [1.82, 2.24) is 14.9 Å². The number of nitrogens with zero attached hydrogens (tertiary/aromatic N) is 5. The second-order valence-corrected chi connectivity index (χ2v) is 10.3. The van der Waals surface area contributed by atoms with E-state index in [-0.39, 0.29) is 34.1 Å². The largest absolute Gasteiger partial charge is 0.378 e. The molecule has 1 amide bonds. The first-order valence-corrected chi connectivity index (χ1v) is 11.8. The van der Waals surface area contributed by atoms with Crippen LogP contribution >= 0.6 is 11.8 Å². The molecule has 5 rings (SSSR count). The Bertz CT molecular complexity index is 1270. The van der Waals surface area contributed by atoms with E-state index in [1.807, 2.05) is 4.90 Å². The van der Waals surface area contributed by atoms with Gasteiger partial charge in [0.05, 0.1) is 11.7 Å². The summed E-state index contributed by atoms with van der Waals surface area (Å²) in [6, 6.07) is 4.28. The minimum Gasteiger partial charge on any atom is -0.378 e. The molecule has 0 bridgehead atoms. The van der Waals surface area contributed by atoms with Gasteiger partial charge in [0.2, 0.25) is 5.91 Å². The van der Waals surface area contributed by atoms with Crippen LogP contribution in [0.15, 0.2) is 35.6 Å². The number of hydrogen-bond acceptors (Lipinski definition) is 6. The van der Waals surface area contributed by atoms with Gasteiger partial charge in [0.1, 0.15) is 22.5 Å². The van der Waals surface area contributed by atoms with E-state index < -0.39 is 21.9 Å². The van der Waals surface area contributed by atoms with E-state index in [4.69, 9.17) is 12.3 Å². The molecule has 2 aliphatic heterocycles. The van der Waals surface area contributed by atoms with Gasteiger partial charge in [0.25, 0.3) is 5.82 Å². The Kier molecular flexibility index (Phi) is 5.40. The first kappa shape index (κ1) is 22.5. The smallest absolute Gasteiger partial charge is 0.287 e. The maximum atomic E-state index is 15.1. The quantitative estimate of drug-likeness (QED) is 0.660. The fraction of sp³-hybridized carbons (Fsp3) is 0.375. The van der Waals surface area contributed by atoms with Gasteiger partial charge in [-0.3, -0.25) is 14.8 Å². The van der Waals surface area contributed by atoms with Crippen molar-refractivity contribution in [3.63, 3.8) is 0 Å². The van der Waals surface area contributed by atoms with Gasteiger partial charge < -0.3 is 15.5 Å². The molecule has 2 aromatic rings. The van der Waals surface area contributed by atoms with Gasteiger partial charge >= 0.3 is 0 Å². The molecule has 3 heterocycles. The van der Waals surface area contributed by atoms with Crippen LogP contribution in [0.4, 0.5) is 14.6 Å². The van der Waals surface area contributed by atoms with Crippen molar-refractivity contribution in [2.75, 3.05) is 13.1 Å². The van der Waals surface area contributed by atoms with Crippen molar-refractivity contribution < 1.29 is 13.6 Å². The van der Waals surface area contributed by atoms with Gasteiger partial charge in [-0.2, -0.15) is 0 Å². The second-order valence-electron chi connectivity index (χ2n) is 8.95. The normalized spacial score (nSPS) is 28.2. The molecule has 0 unspecified atom stereocenters. The third kappa shape index (κ3) is 3.64. The number of aliphatic imine (C=N–C) groups is 1. The average molecular weight is 481 g/mol. The third-order valence-corrected chi connectivity index (χ3v) is 8.09. The zero-order valence-corrected chi connectivity index (χ0v) is 19.3. The first-order chi connectivity index (χ1) is 16.3. The monoisotopic (exact) mass is 480 g/mol. The third-order valence-electron chi connectivity index (χ3n) is 6.80. The maximum absolute atomic E-state index is 15.1. The van der Waals surface area contributed by atoms with E-state index in [1.165, 1.54) is 42.4 Å². The van der Waals surface area contributed by atoms with Crippen molar-refractivity contribution >= 4 is 40.6 Å². The number of fused-ring (bicyclic) bond motifs is 1. The van der Waals surface area contributed by atoms with E-state index >= 15 is 4.39 Å². The van der Waals surface area contributed by atoms with Crippen LogP contribution in [0, 0.1) is 18.3 Å². The zero-order chi connectivity index (χ0) is 24.1. The number of aromatic nitrogens is 2. The number of likely N-dealkylation sites (tertiary alicyclic amines) is 1. The number of rotatable bonds is 4. The molecule has 174 valence electrons. The van der Waals surface area contributed by atoms with Crippen molar-refractivity contribution in [2.24, 2.45) is 16.6 Å². The molecule has 2 fully saturated rings. The van der Waals surface area contributed by atoms with Crippen LogP contribution in [-0.2, 0) is 10.3 Å². The topological polar surface area (TPSA) is 88.8 Å². The summed E-state index contributed by atoms with van der Waals surface area (Å²) < 4.78 is 29.2. The second kappa shape index (κ2) is 8.17. The lowest BCUT2D eigenvalue weighted by molar-refractivity contribution is -0.130. The van der Waals surface area contributed by atoms with Gasteiger partial charge in [-0.25, -0.2) is 8.78 Å². The highest BCUT2D eigenvalue weighted by molar-refractivity contribution is 8.15. The summed E-state index contributed by atoms with van der Waals surface area (Å²) in [5, 5.41) is 0.255.